The molecule has 2 amide bonds. The Morgan fingerprint density at radius 1 is 1.16 bits per heavy atom. The molecule has 1 aliphatic rings. The maximum atomic E-state index is 14.0. The number of aliphatic hydroxyl groups excluding tert-OH is 1. The molecule has 2 aromatic carbocycles. The third-order valence-electron chi connectivity index (χ3n) is 6.35. The Morgan fingerprint density at radius 3 is 2.45 bits per heavy atom. The molecule has 11 heteroatoms. The molecule has 3 N–H and O–H groups in total. The smallest absolute Gasteiger partial charge is 0.416 e. The summed E-state index contributed by atoms with van der Waals surface area (Å²) in [5.74, 6) is -0.668. The lowest BCUT2D eigenvalue weighted by Gasteiger charge is -2.43. The Balaban J connectivity index is 2.17. The van der Waals surface area contributed by atoms with Gasteiger partial charge in [-0.25, -0.2) is 9.59 Å². The molecule has 0 spiro atoms. The topological polar surface area (TPSA) is 99.3 Å². The number of nitrogens with two attached hydrogens (primary N) is 1. The van der Waals surface area contributed by atoms with Gasteiger partial charge in [0.15, 0.2) is 0 Å². The Labute approximate surface area is 220 Å². The summed E-state index contributed by atoms with van der Waals surface area (Å²) in [6, 6.07) is 9.77. The maximum absolute atomic E-state index is 14.0. The van der Waals surface area contributed by atoms with Crippen molar-refractivity contribution in [1.29, 1.82) is 0 Å². The van der Waals surface area contributed by atoms with Crippen molar-refractivity contribution < 1.29 is 32.6 Å². The Morgan fingerprint density at radius 2 is 1.84 bits per heavy atom. The number of benzene rings is 2. The fraction of sp³-hybridized carbons (Fsp3) is 0.407. The average Bonchev–Trinajstić information content (AvgIpc) is 2.85. The van der Waals surface area contributed by atoms with Gasteiger partial charge in [0.25, 0.3) is 0 Å². The number of halogens is 3. The fourth-order valence-corrected chi connectivity index (χ4v) is 4.49. The third kappa shape index (κ3) is 6.46. The number of rotatable bonds is 10. The summed E-state index contributed by atoms with van der Waals surface area (Å²) < 4.78 is 45.8. The number of likely N-dealkylation sites (N-methyl/N-ethyl adjacent to an activating group) is 1. The first-order valence-electron chi connectivity index (χ1n) is 12.3. The van der Waals surface area contributed by atoms with Crippen molar-refractivity contribution in [2.24, 2.45) is 0 Å². The van der Waals surface area contributed by atoms with E-state index >= 15 is 0 Å². The van der Waals surface area contributed by atoms with Gasteiger partial charge in [0, 0.05) is 24.5 Å². The zero-order valence-corrected chi connectivity index (χ0v) is 21.7. The molecule has 38 heavy (non-hydrogen) atoms. The molecule has 1 aliphatic heterocycles. The van der Waals surface area contributed by atoms with Crippen molar-refractivity contribution in [3.05, 3.63) is 70.9 Å². The van der Waals surface area contributed by atoms with Gasteiger partial charge in [-0.3, -0.25) is 4.90 Å². The number of hydrogen-bond acceptors (Lipinski definition) is 6. The summed E-state index contributed by atoms with van der Waals surface area (Å²) in [5, 5.41) is 9.20. The highest BCUT2D eigenvalue weighted by molar-refractivity contribution is 6.03. The van der Waals surface area contributed by atoms with Crippen LogP contribution in [0.1, 0.15) is 37.4 Å². The zero-order valence-electron chi connectivity index (χ0n) is 21.7. The molecule has 0 aromatic heterocycles. The summed E-state index contributed by atoms with van der Waals surface area (Å²) >= 11 is 0. The average molecular weight is 535 g/mol. The number of urea groups is 1. The van der Waals surface area contributed by atoms with E-state index in [-0.39, 0.29) is 36.7 Å². The van der Waals surface area contributed by atoms with Crippen molar-refractivity contribution in [3.63, 3.8) is 0 Å². The molecular weight excluding hydrogens is 501 g/mol. The number of aliphatic hydroxyl groups is 1. The van der Waals surface area contributed by atoms with Gasteiger partial charge in [-0.15, -0.1) is 0 Å². The monoisotopic (exact) mass is 534 g/mol. The van der Waals surface area contributed by atoms with E-state index in [0.717, 1.165) is 17.0 Å². The minimum atomic E-state index is -4.61. The number of nitrogen functional groups attached to an aromatic ring is 1. The van der Waals surface area contributed by atoms with Crippen LogP contribution in [-0.2, 0) is 15.7 Å². The lowest BCUT2D eigenvalue weighted by Crippen LogP contribution is -2.51. The van der Waals surface area contributed by atoms with E-state index in [1.165, 1.54) is 24.0 Å². The number of alkyl halides is 3. The molecule has 2 aromatic rings. The summed E-state index contributed by atoms with van der Waals surface area (Å²) in [7, 11) is 1.83. The van der Waals surface area contributed by atoms with Gasteiger partial charge >= 0.3 is 18.2 Å². The van der Waals surface area contributed by atoms with Gasteiger partial charge in [0.2, 0.25) is 0 Å². The molecule has 0 radical (unpaired) electrons. The van der Waals surface area contributed by atoms with Crippen LogP contribution in [0.4, 0.5) is 29.3 Å². The number of carbonyl (C=O) groups is 2. The normalized spacial score (nSPS) is 16.4. The van der Waals surface area contributed by atoms with Crippen LogP contribution in [-0.4, -0.2) is 66.8 Å². The number of anilines is 2. The van der Waals surface area contributed by atoms with Crippen molar-refractivity contribution in [2.75, 3.05) is 50.5 Å². The Kier molecular flexibility index (Phi) is 9.40. The standard InChI is InChI=1S/C27H33F3N4O4/c1-4-38-25(36)23-18(2)34(22-8-5-7-20(17-22)27(28,29)30)26(37)33(14-6-13-32(3)15-16-35)24(23)19-9-11-21(31)12-10-19/h5,7-12,17,24,35H,4,6,13-16,31H2,1-3H3/t24-/m1/s1. The van der Waals surface area contributed by atoms with Gasteiger partial charge in [-0.2, -0.15) is 13.2 Å². The van der Waals surface area contributed by atoms with Crippen LogP contribution in [0.15, 0.2) is 59.8 Å². The highest BCUT2D eigenvalue weighted by Crippen LogP contribution is 2.41. The van der Waals surface area contributed by atoms with E-state index in [0.29, 0.717) is 30.8 Å². The molecule has 8 nitrogen and oxygen atoms in total. The third-order valence-corrected chi connectivity index (χ3v) is 6.35. The molecule has 1 heterocycles. The molecule has 0 bridgehead atoms. The molecule has 206 valence electrons. The molecule has 0 aliphatic carbocycles. The molecule has 0 saturated heterocycles. The first-order chi connectivity index (χ1) is 18.0. The van der Waals surface area contributed by atoms with E-state index in [1.807, 2.05) is 11.9 Å². The summed E-state index contributed by atoms with van der Waals surface area (Å²) in [6.45, 7) is 4.41. The second-order valence-electron chi connectivity index (χ2n) is 9.03. The van der Waals surface area contributed by atoms with E-state index in [1.54, 1.807) is 31.2 Å². The molecule has 0 fully saturated rings. The number of amides is 2. The van der Waals surface area contributed by atoms with Crippen molar-refractivity contribution in [1.82, 2.24) is 9.80 Å². The first-order valence-corrected chi connectivity index (χ1v) is 12.3. The molecule has 1 atom stereocenters. The Bertz CT molecular complexity index is 1170. The molecule has 0 unspecified atom stereocenters. The highest BCUT2D eigenvalue weighted by Gasteiger charge is 2.43. The highest BCUT2D eigenvalue weighted by atomic mass is 19.4. The van der Waals surface area contributed by atoms with Gasteiger partial charge in [-0.05, 0) is 69.8 Å². The van der Waals surface area contributed by atoms with Gasteiger partial charge in [-0.1, -0.05) is 18.2 Å². The zero-order chi connectivity index (χ0) is 28.0. The largest absolute Gasteiger partial charge is 0.463 e. The van der Waals surface area contributed by atoms with Crippen LogP contribution < -0.4 is 10.6 Å². The lowest BCUT2D eigenvalue weighted by molar-refractivity contribution is -0.139. The first kappa shape index (κ1) is 29.0. The summed E-state index contributed by atoms with van der Waals surface area (Å²) in [6.07, 6.45) is -4.13. The SMILES string of the molecule is CCOC(=O)C1=C(C)N(c2cccc(C(F)(F)F)c2)C(=O)N(CCCN(C)CCO)[C@@H]1c1ccc(N)cc1. The second kappa shape index (κ2) is 12.3. The molecule has 3 rings (SSSR count). The van der Waals surface area contributed by atoms with Gasteiger partial charge < -0.3 is 25.4 Å². The van der Waals surface area contributed by atoms with Gasteiger partial charge in [0.1, 0.15) is 0 Å². The van der Waals surface area contributed by atoms with Crippen LogP contribution in [0.2, 0.25) is 0 Å². The summed E-state index contributed by atoms with van der Waals surface area (Å²) in [5.41, 5.74) is 6.39. The predicted molar refractivity (Wildman–Crippen MR) is 138 cm³/mol. The minimum absolute atomic E-state index is 0.0118. The molecule has 0 saturated carbocycles. The number of allylic oxidation sites excluding steroid dienone is 1. The lowest BCUT2D eigenvalue weighted by atomic mass is 9.92. The quantitative estimate of drug-likeness (QED) is 0.346. The van der Waals surface area contributed by atoms with Crippen LogP contribution in [0.25, 0.3) is 0 Å². The minimum Gasteiger partial charge on any atom is -0.463 e. The van der Waals surface area contributed by atoms with E-state index in [9.17, 15) is 27.9 Å². The fourth-order valence-electron chi connectivity index (χ4n) is 4.49. The number of esters is 1. The van der Waals surface area contributed by atoms with Crippen LogP contribution in [0.5, 0.6) is 0 Å². The Hall–Kier alpha value is -3.57. The maximum Gasteiger partial charge on any atom is 0.416 e. The van der Waals surface area contributed by atoms with E-state index in [4.69, 9.17) is 10.5 Å². The van der Waals surface area contributed by atoms with E-state index < -0.39 is 29.8 Å². The van der Waals surface area contributed by atoms with E-state index in [2.05, 4.69) is 0 Å². The number of carbonyl (C=O) groups excluding carboxylic acids is 2. The second-order valence-corrected chi connectivity index (χ2v) is 9.03. The van der Waals surface area contributed by atoms with Crippen LogP contribution in [0, 0.1) is 0 Å². The predicted octanol–water partition coefficient (Wildman–Crippen LogP) is 4.42. The molecular formula is C27H33F3N4O4. The van der Waals surface area contributed by atoms with Crippen molar-refractivity contribution in [2.45, 2.75) is 32.5 Å². The number of hydrogen-bond donors (Lipinski definition) is 2. The van der Waals surface area contributed by atoms with Crippen molar-refractivity contribution >= 4 is 23.4 Å². The number of ether oxygens (including phenoxy) is 1. The van der Waals surface area contributed by atoms with Crippen LogP contribution >= 0.6 is 0 Å². The van der Waals surface area contributed by atoms with Crippen molar-refractivity contribution in [3.8, 4) is 0 Å². The number of nitrogens with zero attached hydrogens (tertiary/aromatic N) is 3. The summed E-state index contributed by atoms with van der Waals surface area (Å²) in [4.78, 5) is 31.8. The van der Waals surface area contributed by atoms with Gasteiger partial charge in [0.05, 0.1) is 36.1 Å². The van der Waals surface area contributed by atoms with Crippen LogP contribution in [0.3, 0.4) is 0 Å².